The summed E-state index contributed by atoms with van der Waals surface area (Å²) in [5, 5.41) is 3.50. The van der Waals surface area contributed by atoms with E-state index >= 15 is 0 Å². The molecule has 6 heteroatoms. The van der Waals surface area contributed by atoms with Gasteiger partial charge in [-0.2, -0.15) is 11.8 Å². The van der Waals surface area contributed by atoms with E-state index in [1.54, 1.807) is 0 Å². The summed E-state index contributed by atoms with van der Waals surface area (Å²) >= 11 is 7.65. The van der Waals surface area contributed by atoms with E-state index in [0.29, 0.717) is 22.7 Å². The van der Waals surface area contributed by atoms with E-state index in [4.69, 9.17) is 17.3 Å². The van der Waals surface area contributed by atoms with Crippen molar-refractivity contribution in [1.29, 1.82) is 0 Å². The van der Waals surface area contributed by atoms with Crippen LogP contribution in [-0.4, -0.2) is 27.5 Å². The van der Waals surface area contributed by atoms with Crippen molar-refractivity contribution in [2.75, 3.05) is 22.6 Å². The lowest BCUT2D eigenvalue weighted by Gasteiger charge is -2.15. The Morgan fingerprint density at radius 1 is 1.60 bits per heavy atom. The molecular formula is C9H15ClN4S. The normalized spacial score (nSPS) is 12.5. The number of nitrogens with two attached hydrogens (primary N) is 1. The molecule has 15 heavy (non-hydrogen) atoms. The highest BCUT2D eigenvalue weighted by atomic mass is 35.5. The maximum absolute atomic E-state index is 5.78. The fourth-order valence-corrected chi connectivity index (χ4v) is 1.86. The second kappa shape index (κ2) is 6.02. The second-order valence-corrected chi connectivity index (χ2v) is 4.81. The van der Waals surface area contributed by atoms with Crippen LogP contribution >= 0.6 is 23.4 Å². The van der Waals surface area contributed by atoms with E-state index in [0.717, 1.165) is 11.5 Å². The third kappa shape index (κ3) is 3.76. The first kappa shape index (κ1) is 12.4. The Balaban J connectivity index is 2.60. The summed E-state index contributed by atoms with van der Waals surface area (Å²) in [6.07, 6.45) is 1.40. The molecule has 0 aliphatic rings. The third-order valence-electron chi connectivity index (χ3n) is 1.79. The van der Waals surface area contributed by atoms with Crippen LogP contribution < -0.4 is 11.1 Å². The molecule has 1 aromatic heterocycles. The Bertz CT molecular complexity index is 321. The first-order chi connectivity index (χ1) is 7.15. The fourth-order valence-electron chi connectivity index (χ4n) is 1.06. The van der Waals surface area contributed by atoms with Crippen LogP contribution in [0.1, 0.15) is 13.8 Å². The lowest BCUT2D eigenvalue weighted by Crippen LogP contribution is -2.20. The Morgan fingerprint density at radius 2 is 2.33 bits per heavy atom. The van der Waals surface area contributed by atoms with E-state index in [1.807, 2.05) is 11.8 Å². The van der Waals surface area contributed by atoms with E-state index in [1.165, 1.54) is 6.33 Å². The number of anilines is 2. The van der Waals surface area contributed by atoms with Crippen molar-refractivity contribution in [3.8, 4) is 0 Å². The highest BCUT2D eigenvalue weighted by Crippen LogP contribution is 2.22. The van der Waals surface area contributed by atoms with Crippen LogP contribution in [0, 0.1) is 0 Å². The first-order valence-corrected chi connectivity index (χ1v) is 6.28. The van der Waals surface area contributed by atoms with Crippen LogP contribution in [-0.2, 0) is 0 Å². The molecule has 1 rings (SSSR count). The average molecular weight is 247 g/mol. The zero-order valence-electron chi connectivity index (χ0n) is 8.83. The van der Waals surface area contributed by atoms with Gasteiger partial charge in [-0.3, -0.25) is 0 Å². The highest BCUT2D eigenvalue weighted by Gasteiger charge is 2.08. The van der Waals surface area contributed by atoms with Gasteiger partial charge in [-0.25, -0.2) is 9.97 Å². The number of hydrogen-bond acceptors (Lipinski definition) is 5. The van der Waals surface area contributed by atoms with Crippen LogP contribution in [0.15, 0.2) is 6.33 Å². The topological polar surface area (TPSA) is 63.8 Å². The van der Waals surface area contributed by atoms with Gasteiger partial charge < -0.3 is 11.1 Å². The Kier molecular flexibility index (Phi) is 4.98. The zero-order chi connectivity index (χ0) is 11.3. The predicted molar refractivity (Wildman–Crippen MR) is 67.5 cm³/mol. The molecule has 1 aromatic rings. The van der Waals surface area contributed by atoms with Crippen molar-refractivity contribution < 1.29 is 0 Å². The van der Waals surface area contributed by atoms with Gasteiger partial charge in [-0.15, -0.1) is 0 Å². The van der Waals surface area contributed by atoms with Crippen molar-refractivity contribution in [3.63, 3.8) is 0 Å². The maximum Gasteiger partial charge on any atom is 0.157 e. The minimum Gasteiger partial charge on any atom is -0.393 e. The monoisotopic (exact) mass is 246 g/mol. The second-order valence-electron chi connectivity index (χ2n) is 3.13. The molecule has 0 aromatic carbocycles. The Labute approximate surface area is 99.0 Å². The van der Waals surface area contributed by atoms with Crippen molar-refractivity contribution in [1.82, 2.24) is 9.97 Å². The molecule has 0 spiro atoms. The van der Waals surface area contributed by atoms with Crippen LogP contribution in [0.3, 0.4) is 0 Å². The van der Waals surface area contributed by atoms with E-state index < -0.39 is 0 Å². The van der Waals surface area contributed by atoms with Crippen molar-refractivity contribution in [2.45, 2.75) is 19.9 Å². The average Bonchev–Trinajstić information content (AvgIpc) is 2.22. The van der Waals surface area contributed by atoms with Gasteiger partial charge in [0.15, 0.2) is 11.0 Å². The van der Waals surface area contributed by atoms with Gasteiger partial charge >= 0.3 is 0 Å². The quantitative estimate of drug-likeness (QED) is 0.781. The minimum atomic E-state index is 0.294. The summed E-state index contributed by atoms with van der Waals surface area (Å²) in [5.41, 5.74) is 6.14. The van der Waals surface area contributed by atoms with Crippen molar-refractivity contribution in [3.05, 3.63) is 11.5 Å². The standard InChI is InChI=1S/C9H15ClN4S/c1-3-15-4-6(2)14-9-7(11)8(10)12-5-13-9/h5-6H,3-4,11H2,1-2H3,(H,12,13,14). The van der Waals surface area contributed by atoms with Crippen LogP contribution in [0.2, 0.25) is 5.15 Å². The number of hydrogen-bond donors (Lipinski definition) is 2. The summed E-state index contributed by atoms with van der Waals surface area (Å²) in [6, 6.07) is 0.309. The molecular weight excluding hydrogens is 232 g/mol. The molecule has 0 amide bonds. The van der Waals surface area contributed by atoms with Gasteiger partial charge in [0.2, 0.25) is 0 Å². The zero-order valence-corrected chi connectivity index (χ0v) is 10.4. The predicted octanol–water partition coefficient (Wildman–Crippen LogP) is 2.27. The van der Waals surface area contributed by atoms with Crippen molar-refractivity contribution in [2.24, 2.45) is 0 Å². The smallest absolute Gasteiger partial charge is 0.157 e. The van der Waals surface area contributed by atoms with Gasteiger partial charge in [0.1, 0.15) is 12.0 Å². The number of rotatable bonds is 5. The Morgan fingerprint density at radius 3 is 3.00 bits per heavy atom. The summed E-state index contributed by atoms with van der Waals surface area (Å²) in [7, 11) is 0. The van der Waals surface area contributed by atoms with Gasteiger partial charge in [-0.1, -0.05) is 18.5 Å². The molecule has 0 bridgehead atoms. The lowest BCUT2D eigenvalue weighted by molar-refractivity contribution is 0.900. The SMILES string of the molecule is CCSCC(C)Nc1ncnc(Cl)c1N. The summed E-state index contributed by atoms with van der Waals surface area (Å²) in [4.78, 5) is 7.84. The van der Waals surface area contributed by atoms with Gasteiger partial charge in [0.05, 0.1) is 0 Å². The molecule has 0 saturated heterocycles. The molecule has 0 saturated carbocycles. The molecule has 84 valence electrons. The van der Waals surface area contributed by atoms with E-state index in [-0.39, 0.29) is 0 Å². The van der Waals surface area contributed by atoms with Crippen LogP contribution in [0.25, 0.3) is 0 Å². The van der Waals surface area contributed by atoms with Gasteiger partial charge in [0.25, 0.3) is 0 Å². The first-order valence-electron chi connectivity index (χ1n) is 4.75. The van der Waals surface area contributed by atoms with E-state index in [2.05, 4.69) is 29.1 Å². The third-order valence-corrected chi connectivity index (χ3v) is 3.24. The van der Waals surface area contributed by atoms with Gasteiger partial charge in [0, 0.05) is 11.8 Å². The van der Waals surface area contributed by atoms with Crippen molar-refractivity contribution >= 4 is 34.9 Å². The maximum atomic E-state index is 5.78. The summed E-state index contributed by atoms with van der Waals surface area (Å²) in [5.74, 6) is 2.73. The molecule has 4 nitrogen and oxygen atoms in total. The number of thioether (sulfide) groups is 1. The number of aromatic nitrogens is 2. The molecule has 1 heterocycles. The molecule has 0 radical (unpaired) electrons. The molecule has 0 aliphatic carbocycles. The van der Waals surface area contributed by atoms with E-state index in [9.17, 15) is 0 Å². The fraction of sp³-hybridized carbons (Fsp3) is 0.556. The molecule has 0 aliphatic heterocycles. The minimum absolute atomic E-state index is 0.294. The van der Waals surface area contributed by atoms with Gasteiger partial charge in [-0.05, 0) is 12.7 Å². The lowest BCUT2D eigenvalue weighted by atomic mass is 10.3. The molecule has 0 fully saturated rings. The Hall–Kier alpha value is -0.680. The number of nitrogen functional groups attached to an aromatic ring is 1. The molecule has 3 N–H and O–H groups in total. The molecule has 1 atom stereocenters. The number of nitrogens with one attached hydrogen (secondary N) is 1. The molecule has 1 unspecified atom stereocenters. The largest absolute Gasteiger partial charge is 0.393 e. The summed E-state index contributed by atoms with van der Waals surface area (Å²) < 4.78 is 0. The number of halogens is 1. The van der Waals surface area contributed by atoms with Crippen LogP contribution in [0.4, 0.5) is 11.5 Å². The summed E-state index contributed by atoms with van der Waals surface area (Å²) in [6.45, 7) is 4.21. The highest BCUT2D eigenvalue weighted by molar-refractivity contribution is 7.99. The number of nitrogens with zero attached hydrogens (tertiary/aromatic N) is 2. The van der Waals surface area contributed by atoms with Crippen LogP contribution in [0.5, 0.6) is 0 Å².